The van der Waals surface area contributed by atoms with Gasteiger partial charge < -0.3 is 5.32 Å². The highest BCUT2D eigenvalue weighted by Crippen LogP contribution is 2.28. The van der Waals surface area contributed by atoms with Crippen molar-refractivity contribution in [3.05, 3.63) is 57.0 Å². The Morgan fingerprint density at radius 3 is 2.72 bits per heavy atom. The summed E-state index contributed by atoms with van der Waals surface area (Å²) in [5.74, 6) is -0.104. The number of benzene rings is 1. The predicted octanol–water partition coefficient (Wildman–Crippen LogP) is 4.20. The zero-order chi connectivity index (χ0) is 13.1. The molecule has 0 saturated heterocycles. The minimum atomic E-state index is -0.104. The first-order valence-corrected chi connectivity index (χ1v) is 7.05. The lowest BCUT2D eigenvalue weighted by molar-refractivity contribution is 0.554. The van der Waals surface area contributed by atoms with Crippen molar-refractivity contribution in [2.24, 2.45) is 0 Å². The number of hydrogen-bond donors (Lipinski definition) is 1. The van der Waals surface area contributed by atoms with E-state index in [1.54, 1.807) is 24.3 Å². The van der Waals surface area contributed by atoms with Crippen LogP contribution in [0.4, 0.5) is 4.39 Å². The SMILES string of the molecule is CCNC(c1csc(C)c1)c1cccc(C)c1F. The Morgan fingerprint density at radius 2 is 2.11 bits per heavy atom. The zero-order valence-electron chi connectivity index (χ0n) is 11.0. The fourth-order valence-electron chi connectivity index (χ4n) is 2.12. The Kier molecular flexibility index (Phi) is 4.15. The van der Waals surface area contributed by atoms with Crippen molar-refractivity contribution in [2.75, 3.05) is 6.54 Å². The highest BCUT2D eigenvalue weighted by Gasteiger charge is 2.18. The largest absolute Gasteiger partial charge is 0.306 e. The smallest absolute Gasteiger partial charge is 0.131 e. The molecule has 0 aliphatic carbocycles. The van der Waals surface area contributed by atoms with Gasteiger partial charge >= 0.3 is 0 Å². The van der Waals surface area contributed by atoms with E-state index in [1.165, 1.54) is 4.88 Å². The molecule has 0 aliphatic rings. The number of hydrogen-bond acceptors (Lipinski definition) is 2. The van der Waals surface area contributed by atoms with Gasteiger partial charge in [0.25, 0.3) is 0 Å². The average Bonchev–Trinajstić information content (AvgIpc) is 2.77. The molecule has 0 fully saturated rings. The van der Waals surface area contributed by atoms with Crippen LogP contribution in [0.1, 0.15) is 34.5 Å². The molecule has 0 radical (unpaired) electrons. The highest BCUT2D eigenvalue weighted by atomic mass is 32.1. The molecule has 18 heavy (non-hydrogen) atoms. The van der Waals surface area contributed by atoms with Crippen molar-refractivity contribution in [3.8, 4) is 0 Å². The van der Waals surface area contributed by atoms with Crippen LogP contribution < -0.4 is 5.32 Å². The molecule has 1 aromatic carbocycles. The van der Waals surface area contributed by atoms with E-state index < -0.39 is 0 Å². The fourth-order valence-corrected chi connectivity index (χ4v) is 2.85. The van der Waals surface area contributed by atoms with Gasteiger partial charge in [-0.05, 0) is 43.0 Å². The summed E-state index contributed by atoms with van der Waals surface area (Å²) in [5.41, 5.74) is 2.57. The van der Waals surface area contributed by atoms with E-state index in [0.717, 1.165) is 17.7 Å². The maximum absolute atomic E-state index is 14.2. The number of thiophene rings is 1. The van der Waals surface area contributed by atoms with Crippen molar-refractivity contribution < 1.29 is 4.39 Å². The third-order valence-corrected chi connectivity index (χ3v) is 3.90. The first-order chi connectivity index (χ1) is 8.63. The van der Waals surface area contributed by atoms with E-state index in [4.69, 9.17) is 0 Å². The second-order valence-electron chi connectivity index (χ2n) is 4.46. The lowest BCUT2D eigenvalue weighted by Crippen LogP contribution is -2.22. The van der Waals surface area contributed by atoms with E-state index in [2.05, 4.69) is 23.7 Å². The third-order valence-electron chi connectivity index (χ3n) is 3.03. The van der Waals surface area contributed by atoms with Crippen LogP contribution in [-0.4, -0.2) is 6.54 Å². The quantitative estimate of drug-likeness (QED) is 0.871. The average molecular weight is 263 g/mol. The second kappa shape index (κ2) is 5.63. The summed E-state index contributed by atoms with van der Waals surface area (Å²) in [4.78, 5) is 1.25. The summed E-state index contributed by atoms with van der Waals surface area (Å²) in [5, 5.41) is 5.46. The molecule has 1 heterocycles. The standard InChI is InChI=1S/C15H18FNS/c1-4-17-15(12-8-11(3)18-9-12)13-7-5-6-10(2)14(13)16/h5-9,15,17H,4H2,1-3H3. The molecule has 1 N–H and O–H groups in total. The summed E-state index contributed by atoms with van der Waals surface area (Å²) in [6, 6.07) is 7.65. The maximum atomic E-state index is 14.2. The van der Waals surface area contributed by atoms with Crippen LogP contribution in [-0.2, 0) is 0 Å². The Balaban J connectivity index is 2.44. The van der Waals surface area contributed by atoms with Crippen molar-refractivity contribution in [1.29, 1.82) is 0 Å². The van der Waals surface area contributed by atoms with Gasteiger partial charge in [-0.25, -0.2) is 4.39 Å². The summed E-state index contributed by atoms with van der Waals surface area (Å²) in [7, 11) is 0. The summed E-state index contributed by atoms with van der Waals surface area (Å²) >= 11 is 1.70. The minimum Gasteiger partial charge on any atom is -0.306 e. The van der Waals surface area contributed by atoms with Gasteiger partial charge in [-0.1, -0.05) is 25.1 Å². The molecule has 0 saturated carbocycles. The van der Waals surface area contributed by atoms with Gasteiger partial charge in [-0.15, -0.1) is 11.3 Å². The molecule has 2 rings (SSSR count). The predicted molar refractivity (Wildman–Crippen MR) is 75.7 cm³/mol. The molecule has 1 nitrogen and oxygen atoms in total. The van der Waals surface area contributed by atoms with Crippen LogP contribution in [0.25, 0.3) is 0 Å². The van der Waals surface area contributed by atoms with E-state index in [-0.39, 0.29) is 11.9 Å². The molecule has 0 spiro atoms. The molecule has 0 aliphatic heterocycles. The summed E-state index contributed by atoms with van der Waals surface area (Å²) in [6.45, 7) is 6.73. The molecule has 0 bridgehead atoms. The number of halogens is 1. The van der Waals surface area contributed by atoms with Crippen molar-refractivity contribution >= 4 is 11.3 Å². The van der Waals surface area contributed by atoms with Gasteiger partial charge in [0.1, 0.15) is 5.82 Å². The van der Waals surface area contributed by atoms with E-state index in [0.29, 0.717) is 5.56 Å². The Bertz CT molecular complexity index is 533. The lowest BCUT2D eigenvalue weighted by Gasteiger charge is -2.19. The Labute approximate surface area is 112 Å². The Morgan fingerprint density at radius 1 is 1.33 bits per heavy atom. The summed E-state index contributed by atoms with van der Waals surface area (Å²) in [6.07, 6.45) is 0. The van der Waals surface area contributed by atoms with Gasteiger partial charge in [-0.2, -0.15) is 0 Å². The van der Waals surface area contributed by atoms with Crippen molar-refractivity contribution in [1.82, 2.24) is 5.32 Å². The minimum absolute atomic E-state index is 0.0557. The second-order valence-corrected chi connectivity index (χ2v) is 5.57. The van der Waals surface area contributed by atoms with Gasteiger partial charge in [0.15, 0.2) is 0 Å². The third kappa shape index (κ3) is 2.62. The van der Waals surface area contributed by atoms with Crippen molar-refractivity contribution in [3.63, 3.8) is 0 Å². The first-order valence-electron chi connectivity index (χ1n) is 6.17. The van der Waals surface area contributed by atoms with Crippen LogP contribution in [0, 0.1) is 19.7 Å². The topological polar surface area (TPSA) is 12.0 Å². The van der Waals surface area contributed by atoms with Gasteiger partial charge in [0, 0.05) is 10.4 Å². The monoisotopic (exact) mass is 263 g/mol. The van der Waals surface area contributed by atoms with Crippen LogP contribution in [0.2, 0.25) is 0 Å². The van der Waals surface area contributed by atoms with Gasteiger partial charge in [0.2, 0.25) is 0 Å². The lowest BCUT2D eigenvalue weighted by atomic mass is 9.98. The van der Waals surface area contributed by atoms with Gasteiger partial charge in [0.05, 0.1) is 6.04 Å². The molecule has 3 heteroatoms. The molecule has 2 aromatic rings. The number of aryl methyl sites for hydroxylation is 2. The van der Waals surface area contributed by atoms with E-state index in [9.17, 15) is 4.39 Å². The van der Waals surface area contributed by atoms with Crippen LogP contribution in [0.3, 0.4) is 0 Å². The van der Waals surface area contributed by atoms with E-state index >= 15 is 0 Å². The summed E-state index contributed by atoms with van der Waals surface area (Å²) < 4.78 is 14.2. The molecule has 0 amide bonds. The van der Waals surface area contributed by atoms with Crippen LogP contribution in [0.5, 0.6) is 0 Å². The fraction of sp³-hybridized carbons (Fsp3) is 0.333. The molecule has 1 unspecified atom stereocenters. The first kappa shape index (κ1) is 13.2. The van der Waals surface area contributed by atoms with Crippen LogP contribution in [0.15, 0.2) is 29.6 Å². The number of nitrogens with one attached hydrogen (secondary N) is 1. The molecule has 1 atom stereocenters. The van der Waals surface area contributed by atoms with Gasteiger partial charge in [-0.3, -0.25) is 0 Å². The molecular weight excluding hydrogens is 245 g/mol. The number of rotatable bonds is 4. The normalized spacial score (nSPS) is 12.7. The molecule has 1 aromatic heterocycles. The van der Waals surface area contributed by atoms with Crippen LogP contribution >= 0.6 is 11.3 Å². The molecule has 96 valence electrons. The van der Waals surface area contributed by atoms with E-state index in [1.807, 2.05) is 19.1 Å². The molecular formula is C15H18FNS. The zero-order valence-corrected chi connectivity index (χ0v) is 11.8. The maximum Gasteiger partial charge on any atom is 0.131 e. The highest BCUT2D eigenvalue weighted by molar-refractivity contribution is 7.10. The Hall–Kier alpha value is -1.19. The van der Waals surface area contributed by atoms with Crippen molar-refractivity contribution in [2.45, 2.75) is 26.8 Å².